The first-order valence-corrected chi connectivity index (χ1v) is 7.41. The van der Waals surface area contributed by atoms with Crippen LogP contribution in [0.4, 0.5) is 0 Å². The van der Waals surface area contributed by atoms with Gasteiger partial charge in [0.15, 0.2) is 0 Å². The van der Waals surface area contributed by atoms with Crippen LogP contribution in [0, 0.1) is 11.3 Å². The van der Waals surface area contributed by atoms with Crippen molar-refractivity contribution in [1.29, 1.82) is 0 Å². The first-order chi connectivity index (χ1) is 9.34. The molecule has 1 aromatic rings. The molecule has 0 bridgehead atoms. The Balaban J connectivity index is 2.36. The summed E-state index contributed by atoms with van der Waals surface area (Å²) in [6.45, 7) is 7.94. The lowest BCUT2D eigenvalue weighted by Crippen LogP contribution is -2.28. The van der Waals surface area contributed by atoms with Crippen molar-refractivity contribution in [2.24, 2.45) is 24.1 Å². The molecule has 0 aliphatic rings. The molecule has 4 nitrogen and oxygen atoms in total. The SMILES string of the molecule is Cn1cccc1CNC(=O)CCC(CCN)C(C)(C)C. The highest BCUT2D eigenvalue weighted by molar-refractivity contribution is 5.75. The monoisotopic (exact) mass is 279 g/mol. The number of rotatable bonds is 7. The van der Waals surface area contributed by atoms with E-state index in [9.17, 15) is 4.79 Å². The second-order valence-corrected chi connectivity index (χ2v) is 6.57. The Morgan fingerprint density at radius 3 is 2.60 bits per heavy atom. The van der Waals surface area contributed by atoms with Crippen molar-refractivity contribution in [2.75, 3.05) is 6.54 Å². The summed E-state index contributed by atoms with van der Waals surface area (Å²) in [5.74, 6) is 0.616. The summed E-state index contributed by atoms with van der Waals surface area (Å²) < 4.78 is 2.02. The van der Waals surface area contributed by atoms with Crippen LogP contribution in [0.25, 0.3) is 0 Å². The number of carbonyl (C=O) groups is 1. The maximum absolute atomic E-state index is 11.9. The van der Waals surface area contributed by atoms with Gasteiger partial charge in [0, 0.05) is 25.4 Å². The lowest BCUT2D eigenvalue weighted by Gasteiger charge is -2.30. The van der Waals surface area contributed by atoms with Crippen LogP contribution in [-0.2, 0) is 18.4 Å². The third-order valence-corrected chi connectivity index (χ3v) is 3.98. The zero-order chi connectivity index (χ0) is 15.2. The molecule has 1 aromatic heterocycles. The molecule has 0 spiro atoms. The Labute approximate surface area is 122 Å². The van der Waals surface area contributed by atoms with E-state index in [4.69, 9.17) is 5.73 Å². The summed E-state index contributed by atoms with van der Waals surface area (Å²) in [7, 11) is 1.98. The lowest BCUT2D eigenvalue weighted by molar-refractivity contribution is -0.121. The molecule has 20 heavy (non-hydrogen) atoms. The van der Waals surface area contributed by atoms with E-state index < -0.39 is 0 Å². The van der Waals surface area contributed by atoms with Crippen LogP contribution in [0.2, 0.25) is 0 Å². The van der Waals surface area contributed by atoms with Crippen LogP contribution in [0.3, 0.4) is 0 Å². The molecule has 114 valence electrons. The van der Waals surface area contributed by atoms with Crippen molar-refractivity contribution in [3.05, 3.63) is 24.0 Å². The number of nitrogens with two attached hydrogens (primary N) is 1. The molecular weight excluding hydrogens is 250 g/mol. The van der Waals surface area contributed by atoms with Gasteiger partial charge in [-0.05, 0) is 42.9 Å². The Morgan fingerprint density at radius 1 is 1.40 bits per heavy atom. The zero-order valence-electron chi connectivity index (χ0n) is 13.3. The van der Waals surface area contributed by atoms with Gasteiger partial charge >= 0.3 is 0 Å². The number of nitrogens with one attached hydrogen (secondary N) is 1. The van der Waals surface area contributed by atoms with Gasteiger partial charge in [-0.2, -0.15) is 0 Å². The highest BCUT2D eigenvalue weighted by Gasteiger charge is 2.24. The Hall–Kier alpha value is -1.29. The number of hydrogen-bond donors (Lipinski definition) is 2. The largest absolute Gasteiger partial charge is 0.353 e. The lowest BCUT2D eigenvalue weighted by atomic mass is 9.76. The number of carbonyl (C=O) groups excluding carboxylic acids is 1. The van der Waals surface area contributed by atoms with Crippen LogP contribution < -0.4 is 11.1 Å². The van der Waals surface area contributed by atoms with E-state index >= 15 is 0 Å². The molecule has 1 atom stereocenters. The molecule has 1 rings (SSSR count). The standard InChI is InChI=1S/C16H29N3O/c1-16(2,3)13(9-10-17)7-8-15(20)18-12-14-6-5-11-19(14)4/h5-6,11,13H,7-10,12,17H2,1-4H3,(H,18,20). The van der Waals surface area contributed by atoms with E-state index in [2.05, 4.69) is 26.1 Å². The smallest absolute Gasteiger partial charge is 0.220 e. The fourth-order valence-corrected chi connectivity index (χ4v) is 2.47. The average Bonchev–Trinajstić information content (AvgIpc) is 2.76. The van der Waals surface area contributed by atoms with Crippen molar-refractivity contribution in [1.82, 2.24) is 9.88 Å². The maximum Gasteiger partial charge on any atom is 0.220 e. The van der Waals surface area contributed by atoms with Crippen LogP contribution in [0.15, 0.2) is 18.3 Å². The normalized spacial score (nSPS) is 13.2. The fourth-order valence-electron chi connectivity index (χ4n) is 2.47. The van der Waals surface area contributed by atoms with Gasteiger partial charge in [-0.25, -0.2) is 0 Å². The number of aryl methyl sites for hydroxylation is 1. The first-order valence-electron chi connectivity index (χ1n) is 7.41. The minimum Gasteiger partial charge on any atom is -0.353 e. The van der Waals surface area contributed by atoms with E-state index in [1.54, 1.807) is 0 Å². The molecule has 0 saturated heterocycles. The van der Waals surface area contributed by atoms with Gasteiger partial charge in [0.2, 0.25) is 5.91 Å². The van der Waals surface area contributed by atoms with Crippen molar-refractivity contribution in [3.63, 3.8) is 0 Å². The summed E-state index contributed by atoms with van der Waals surface area (Å²) in [6.07, 6.45) is 4.44. The van der Waals surface area contributed by atoms with Gasteiger partial charge in [0.05, 0.1) is 6.54 Å². The molecular formula is C16H29N3O. The molecule has 1 heterocycles. The highest BCUT2D eigenvalue weighted by Crippen LogP contribution is 2.31. The van der Waals surface area contributed by atoms with E-state index in [1.165, 1.54) is 0 Å². The van der Waals surface area contributed by atoms with Crippen molar-refractivity contribution < 1.29 is 4.79 Å². The van der Waals surface area contributed by atoms with Gasteiger partial charge in [-0.15, -0.1) is 0 Å². The van der Waals surface area contributed by atoms with Gasteiger partial charge in [-0.1, -0.05) is 20.8 Å². The van der Waals surface area contributed by atoms with Crippen LogP contribution in [0.1, 0.15) is 45.7 Å². The topological polar surface area (TPSA) is 60.0 Å². The second kappa shape index (κ2) is 7.48. The minimum absolute atomic E-state index is 0.123. The van der Waals surface area contributed by atoms with Gasteiger partial charge < -0.3 is 15.6 Å². The second-order valence-electron chi connectivity index (χ2n) is 6.57. The Morgan fingerprint density at radius 2 is 2.10 bits per heavy atom. The Kier molecular flexibility index (Phi) is 6.27. The quantitative estimate of drug-likeness (QED) is 0.805. The third kappa shape index (κ3) is 5.37. The first kappa shape index (κ1) is 16.8. The summed E-state index contributed by atoms with van der Waals surface area (Å²) in [5, 5.41) is 2.98. The maximum atomic E-state index is 11.9. The zero-order valence-corrected chi connectivity index (χ0v) is 13.3. The average molecular weight is 279 g/mol. The third-order valence-electron chi connectivity index (χ3n) is 3.98. The van der Waals surface area contributed by atoms with Gasteiger partial charge in [0.25, 0.3) is 0 Å². The molecule has 0 aliphatic carbocycles. The molecule has 0 saturated carbocycles. The summed E-state index contributed by atoms with van der Waals surface area (Å²) >= 11 is 0. The highest BCUT2D eigenvalue weighted by atomic mass is 16.1. The molecule has 0 aliphatic heterocycles. The molecule has 0 aromatic carbocycles. The fraction of sp³-hybridized carbons (Fsp3) is 0.688. The molecule has 4 heteroatoms. The molecule has 3 N–H and O–H groups in total. The number of amides is 1. The van der Waals surface area contributed by atoms with Crippen LogP contribution in [-0.4, -0.2) is 17.0 Å². The van der Waals surface area contributed by atoms with E-state index in [1.807, 2.05) is 29.9 Å². The van der Waals surface area contributed by atoms with Crippen molar-refractivity contribution in [2.45, 2.75) is 46.6 Å². The molecule has 1 amide bonds. The Bertz CT molecular complexity index is 418. The predicted molar refractivity (Wildman–Crippen MR) is 83.1 cm³/mol. The molecule has 1 unspecified atom stereocenters. The molecule has 0 fully saturated rings. The number of nitrogens with zero attached hydrogens (tertiary/aromatic N) is 1. The number of aromatic nitrogens is 1. The van der Waals surface area contributed by atoms with Crippen molar-refractivity contribution >= 4 is 5.91 Å². The van der Waals surface area contributed by atoms with Crippen LogP contribution >= 0.6 is 0 Å². The van der Waals surface area contributed by atoms with E-state index in [0.29, 0.717) is 25.4 Å². The van der Waals surface area contributed by atoms with Crippen molar-refractivity contribution in [3.8, 4) is 0 Å². The summed E-state index contributed by atoms with van der Waals surface area (Å²) in [6, 6.07) is 4.00. The van der Waals surface area contributed by atoms with E-state index in [-0.39, 0.29) is 11.3 Å². The molecule has 0 radical (unpaired) electrons. The minimum atomic E-state index is 0.123. The van der Waals surface area contributed by atoms with Gasteiger partial charge in [-0.3, -0.25) is 4.79 Å². The summed E-state index contributed by atoms with van der Waals surface area (Å²) in [5.41, 5.74) is 6.99. The van der Waals surface area contributed by atoms with E-state index in [0.717, 1.165) is 18.5 Å². The van der Waals surface area contributed by atoms with Gasteiger partial charge in [0.1, 0.15) is 0 Å². The van der Waals surface area contributed by atoms with Crippen LogP contribution in [0.5, 0.6) is 0 Å². The predicted octanol–water partition coefficient (Wildman–Crippen LogP) is 2.43. The summed E-state index contributed by atoms with van der Waals surface area (Å²) in [4.78, 5) is 11.9. The number of hydrogen-bond acceptors (Lipinski definition) is 2.